The number of nitrogens with zero attached hydrogens (tertiary/aromatic N) is 2. The standard InChI is InChI=1S/C15H18ClN3O/c16-12-7-5-11(6-8-12)15(20)9-3-1-2-4-13(15)14-17-10-18-19-14/h5-8,10,13,20H,1-4,9H2,(H,17,18,19). The van der Waals surface area contributed by atoms with E-state index in [9.17, 15) is 5.11 Å². The van der Waals surface area contributed by atoms with Gasteiger partial charge in [-0.1, -0.05) is 43.0 Å². The number of H-pyrrole nitrogens is 1. The largest absolute Gasteiger partial charge is 0.384 e. The van der Waals surface area contributed by atoms with Crippen molar-refractivity contribution in [1.29, 1.82) is 0 Å². The molecule has 1 heterocycles. The lowest BCUT2D eigenvalue weighted by atomic mass is 9.77. The van der Waals surface area contributed by atoms with Gasteiger partial charge in [0.05, 0.1) is 11.5 Å². The van der Waals surface area contributed by atoms with Crippen LogP contribution in [-0.4, -0.2) is 20.3 Å². The van der Waals surface area contributed by atoms with E-state index in [4.69, 9.17) is 11.6 Å². The Morgan fingerprint density at radius 3 is 2.70 bits per heavy atom. The van der Waals surface area contributed by atoms with Crippen molar-refractivity contribution in [2.24, 2.45) is 0 Å². The minimum atomic E-state index is -0.913. The second-order valence-electron chi connectivity index (χ2n) is 5.44. The summed E-state index contributed by atoms with van der Waals surface area (Å²) in [6.07, 6.45) is 6.44. The highest BCUT2D eigenvalue weighted by molar-refractivity contribution is 6.30. The molecule has 3 rings (SSSR count). The van der Waals surface area contributed by atoms with Crippen molar-refractivity contribution in [3.8, 4) is 0 Å². The van der Waals surface area contributed by atoms with Crippen LogP contribution >= 0.6 is 11.6 Å². The molecule has 2 unspecified atom stereocenters. The molecule has 0 radical (unpaired) electrons. The Morgan fingerprint density at radius 1 is 1.20 bits per heavy atom. The van der Waals surface area contributed by atoms with Gasteiger partial charge in [0.2, 0.25) is 0 Å². The predicted molar refractivity (Wildman–Crippen MR) is 77.6 cm³/mol. The van der Waals surface area contributed by atoms with E-state index in [1.807, 2.05) is 24.3 Å². The summed E-state index contributed by atoms with van der Waals surface area (Å²) in [5, 5.41) is 18.9. The molecular formula is C15H18ClN3O. The number of aromatic nitrogens is 3. The van der Waals surface area contributed by atoms with Crippen LogP contribution in [0.15, 0.2) is 30.6 Å². The van der Waals surface area contributed by atoms with E-state index in [0.29, 0.717) is 10.8 Å². The Balaban J connectivity index is 2.02. The number of benzene rings is 1. The van der Waals surface area contributed by atoms with E-state index in [1.54, 1.807) is 6.33 Å². The third kappa shape index (κ3) is 2.45. The van der Waals surface area contributed by atoms with Gasteiger partial charge < -0.3 is 5.11 Å². The monoisotopic (exact) mass is 291 g/mol. The van der Waals surface area contributed by atoms with E-state index in [2.05, 4.69) is 15.2 Å². The maximum atomic E-state index is 11.3. The lowest BCUT2D eigenvalue weighted by Gasteiger charge is -2.34. The highest BCUT2D eigenvalue weighted by atomic mass is 35.5. The lowest BCUT2D eigenvalue weighted by molar-refractivity contribution is -0.00241. The molecule has 5 heteroatoms. The first-order valence-electron chi connectivity index (χ1n) is 7.04. The van der Waals surface area contributed by atoms with Gasteiger partial charge in [0.15, 0.2) is 5.82 Å². The first kappa shape index (κ1) is 13.6. The first-order chi connectivity index (χ1) is 9.70. The lowest BCUT2D eigenvalue weighted by Crippen LogP contribution is -2.33. The van der Waals surface area contributed by atoms with E-state index in [1.165, 1.54) is 0 Å². The Hall–Kier alpha value is -1.39. The minimum Gasteiger partial charge on any atom is -0.384 e. The maximum absolute atomic E-state index is 11.3. The quantitative estimate of drug-likeness (QED) is 0.834. The van der Waals surface area contributed by atoms with Gasteiger partial charge in [-0.05, 0) is 30.5 Å². The number of nitrogens with one attached hydrogen (secondary N) is 1. The maximum Gasteiger partial charge on any atom is 0.156 e. The molecule has 1 aromatic heterocycles. The third-order valence-electron chi connectivity index (χ3n) is 4.22. The highest BCUT2D eigenvalue weighted by Gasteiger charge is 2.41. The molecule has 4 nitrogen and oxygen atoms in total. The van der Waals surface area contributed by atoms with Crippen LogP contribution in [0.4, 0.5) is 0 Å². The van der Waals surface area contributed by atoms with Crippen molar-refractivity contribution >= 4 is 11.6 Å². The molecule has 2 N–H and O–H groups in total. The van der Waals surface area contributed by atoms with Crippen LogP contribution in [0.2, 0.25) is 5.02 Å². The number of hydrogen-bond donors (Lipinski definition) is 2. The molecule has 1 aliphatic carbocycles. The molecule has 0 saturated heterocycles. The SMILES string of the molecule is OC1(c2ccc(Cl)cc2)CCCCCC1c1nc[nH]n1. The van der Waals surface area contributed by atoms with E-state index >= 15 is 0 Å². The van der Waals surface area contributed by atoms with E-state index in [-0.39, 0.29) is 5.92 Å². The smallest absolute Gasteiger partial charge is 0.156 e. The van der Waals surface area contributed by atoms with Gasteiger partial charge in [-0.25, -0.2) is 4.98 Å². The van der Waals surface area contributed by atoms with Crippen molar-refractivity contribution in [1.82, 2.24) is 15.2 Å². The van der Waals surface area contributed by atoms with E-state index < -0.39 is 5.60 Å². The fourth-order valence-corrected chi connectivity index (χ4v) is 3.27. The first-order valence-corrected chi connectivity index (χ1v) is 7.42. The van der Waals surface area contributed by atoms with Crippen LogP contribution < -0.4 is 0 Å². The van der Waals surface area contributed by atoms with Gasteiger partial charge in [0.1, 0.15) is 6.33 Å². The minimum absolute atomic E-state index is 0.0718. The summed E-state index contributed by atoms with van der Waals surface area (Å²) >= 11 is 5.95. The molecule has 0 bridgehead atoms. The summed E-state index contributed by atoms with van der Waals surface area (Å²) in [7, 11) is 0. The second kappa shape index (κ2) is 5.54. The van der Waals surface area contributed by atoms with Gasteiger partial charge in [-0.15, -0.1) is 0 Å². The fourth-order valence-electron chi connectivity index (χ4n) is 3.15. The molecular weight excluding hydrogens is 274 g/mol. The molecule has 2 aromatic rings. The molecule has 2 atom stereocenters. The fraction of sp³-hybridized carbons (Fsp3) is 0.467. The molecule has 0 amide bonds. The van der Waals surface area contributed by atoms with Gasteiger partial charge >= 0.3 is 0 Å². The molecule has 0 spiro atoms. The molecule has 106 valence electrons. The molecule has 1 aromatic carbocycles. The van der Waals surface area contributed by atoms with Crippen molar-refractivity contribution in [2.75, 3.05) is 0 Å². The van der Waals surface area contributed by atoms with Crippen LogP contribution in [0.1, 0.15) is 49.4 Å². The van der Waals surface area contributed by atoms with Crippen LogP contribution in [0.25, 0.3) is 0 Å². The zero-order chi connectivity index (χ0) is 14.0. The van der Waals surface area contributed by atoms with Crippen LogP contribution in [0.3, 0.4) is 0 Å². The summed E-state index contributed by atoms with van der Waals surface area (Å²) in [6.45, 7) is 0. The second-order valence-corrected chi connectivity index (χ2v) is 5.88. The molecule has 0 aliphatic heterocycles. The van der Waals surface area contributed by atoms with Crippen LogP contribution in [0, 0.1) is 0 Å². The highest BCUT2D eigenvalue weighted by Crippen LogP contribution is 2.45. The Bertz CT molecular complexity index is 555. The summed E-state index contributed by atoms with van der Waals surface area (Å²) in [6, 6.07) is 7.48. The van der Waals surface area contributed by atoms with Gasteiger partial charge in [0.25, 0.3) is 0 Å². The van der Waals surface area contributed by atoms with Crippen molar-refractivity contribution in [3.05, 3.63) is 47.0 Å². The van der Waals surface area contributed by atoms with Gasteiger partial charge in [-0.3, -0.25) is 5.10 Å². The van der Waals surface area contributed by atoms with Gasteiger partial charge in [-0.2, -0.15) is 5.10 Å². The zero-order valence-electron chi connectivity index (χ0n) is 11.2. The Morgan fingerprint density at radius 2 is 2.00 bits per heavy atom. The number of aromatic amines is 1. The Kier molecular flexibility index (Phi) is 3.76. The third-order valence-corrected chi connectivity index (χ3v) is 4.47. The summed E-state index contributed by atoms with van der Waals surface area (Å²) in [4.78, 5) is 4.27. The Labute approximate surface area is 123 Å². The molecule has 1 saturated carbocycles. The zero-order valence-corrected chi connectivity index (χ0v) is 12.0. The van der Waals surface area contributed by atoms with Crippen molar-refractivity contribution in [3.63, 3.8) is 0 Å². The molecule has 20 heavy (non-hydrogen) atoms. The van der Waals surface area contributed by atoms with Gasteiger partial charge in [0, 0.05) is 5.02 Å². The summed E-state index contributed by atoms with van der Waals surface area (Å²) in [5.74, 6) is 0.627. The number of hydrogen-bond acceptors (Lipinski definition) is 3. The topological polar surface area (TPSA) is 61.8 Å². The normalized spacial score (nSPS) is 27.2. The summed E-state index contributed by atoms with van der Waals surface area (Å²) in [5.41, 5.74) is -0.0119. The summed E-state index contributed by atoms with van der Waals surface area (Å²) < 4.78 is 0. The van der Waals surface area contributed by atoms with Crippen molar-refractivity contribution in [2.45, 2.75) is 43.6 Å². The number of aliphatic hydroxyl groups is 1. The average molecular weight is 292 g/mol. The van der Waals surface area contributed by atoms with E-state index in [0.717, 1.165) is 37.7 Å². The van der Waals surface area contributed by atoms with Crippen LogP contribution in [-0.2, 0) is 5.60 Å². The predicted octanol–water partition coefficient (Wildman–Crippen LogP) is 3.39. The number of halogens is 1. The molecule has 1 aliphatic rings. The van der Waals surface area contributed by atoms with Crippen molar-refractivity contribution < 1.29 is 5.11 Å². The number of rotatable bonds is 2. The average Bonchev–Trinajstić information content (AvgIpc) is 2.90. The molecule has 1 fully saturated rings. The van der Waals surface area contributed by atoms with Crippen LogP contribution in [0.5, 0.6) is 0 Å².